The minimum Gasteiger partial charge on any atom is -0.479 e. The van der Waals surface area contributed by atoms with Gasteiger partial charge in [0, 0.05) is 28.9 Å². The Kier molecular flexibility index (Phi) is 4.15. The van der Waals surface area contributed by atoms with Gasteiger partial charge in [0.15, 0.2) is 6.10 Å². The van der Waals surface area contributed by atoms with Crippen molar-refractivity contribution in [1.29, 1.82) is 0 Å². The van der Waals surface area contributed by atoms with Crippen LogP contribution in [0.2, 0.25) is 0 Å². The smallest absolute Gasteiger partial charge is 0.334 e. The molecule has 0 aromatic carbocycles. The number of thiophene rings is 1. The number of hydrogen-bond acceptors (Lipinski definition) is 4. The first kappa shape index (κ1) is 12.5. The van der Waals surface area contributed by atoms with Crippen LogP contribution in [0.1, 0.15) is 23.1 Å². The molecule has 0 aliphatic carbocycles. The van der Waals surface area contributed by atoms with Crippen molar-refractivity contribution >= 4 is 17.3 Å². The van der Waals surface area contributed by atoms with E-state index in [1.54, 1.807) is 11.3 Å². The van der Waals surface area contributed by atoms with E-state index in [9.17, 15) is 4.79 Å². The maximum Gasteiger partial charge on any atom is 0.334 e. The number of nitrogens with one attached hydrogen (secondary N) is 1. The average molecular weight is 255 g/mol. The summed E-state index contributed by atoms with van der Waals surface area (Å²) in [4.78, 5) is 13.5. The van der Waals surface area contributed by atoms with Gasteiger partial charge in [-0.3, -0.25) is 0 Å². The Labute approximate surface area is 105 Å². The second-order valence-corrected chi connectivity index (χ2v) is 5.38. The number of hydrogen-bond donors (Lipinski definition) is 2. The van der Waals surface area contributed by atoms with Crippen LogP contribution in [0.25, 0.3) is 0 Å². The zero-order valence-corrected chi connectivity index (χ0v) is 10.6. The van der Waals surface area contributed by atoms with Gasteiger partial charge in [-0.1, -0.05) is 6.92 Å². The Hall–Kier alpha value is -0.910. The fraction of sp³-hybridized carbons (Fsp3) is 0.583. The van der Waals surface area contributed by atoms with E-state index < -0.39 is 12.1 Å². The van der Waals surface area contributed by atoms with Gasteiger partial charge in [-0.05, 0) is 25.0 Å². The zero-order chi connectivity index (χ0) is 12.3. The summed E-state index contributed by atoms with van der Waals surface area (Å²) < 4.78 is 5.18. The molecule has 1 saturated heterocycles. The molecule has 0 saturated carbocycles. The maximum absolute atomic E-state index is 10.9. The Morgan fingerprint density at radius 2 is 2.35 bits per heavy atom. The first-order valence-electron chi connectivity index (χ1n) is 5.86. The number of carboxylic acid groups (broad SMARTS) is 1. The summed E-state index contributed by atoms with van der Waals surface area (Å²) in [5.74, 6) is -0.875. The molecule has 1 aliphatic heterocycles. The molecule has 0 amide bonds. The summed E-state index contributed by atoms with van der Waals surface area (Å²) in [5, 5.41) is 12.2. The van der Waals surface area contributed by atoms with Gasteiger partial charge < -0.3 is 15.2 Å². The highest BCUT2D eigenvalue weighted by Gasteiger charge is 2.33. The van der Waals surface area contributed by atoms with Gasteiger partial charge in [0.25, 0.3) is 0 Å². The summed E-state index contributed by atoms with van der Waals surface area (Å²) in [6, 6.07) is 4.16. The maximum atomic E-state index is 10.9. The lowest BCUT2D eigenvalue weighted by molar-refractivity contribution is -0.148. The second-order valence-electron chi connectivity index (χ2n) is 4.13. The van der Waals surface area contributed by atoms with Crippen LogP contribution in [0.4, 0.5) is 0 Å². The lowest BCUT2D eigenvalue weighted by Crippen LogP contribution is -2.40. The van der Waals surface area contributed by atoms with Gasteiger partial charge in [0.05, 0.1) is 0 Å². The number of aliphatic carboxylic acids is 1. The van der Waals surface area contributed by atoms with Crippen LogP contribution < -0.4 is 5.32 Å². The first-order chi connectivity index (χ1) is 8.20. The monoisotopic (exact) mass is 255 g/mol. The van der Waals surface area contributed by atoms with Gasteiger partial charge in [-0.15, -0.1) is 11.3 Å². The Morgan fingerprint density at radius 3 is 3.00 bits per heavy atom. The van der Waals surface area contributed by atoms with E-state index in [0.29, 0.717) is 6.61 Å². The van der Waals surface area contributed by atoms with Gasteiger partial charge in [0.2, 0.25) is 0 Å². The van der Waals surface area contributed by atoms with Crippen molar-refractivity contribution in [3.8, 4) is 0 Å². The molecule has 5 heteroatoms. The molecule has 1 aromatic rings. The van der Waals surface area contributed by atoms with E-state index >= 15 is 0 Å². The number of rotatable bonds is 5. The first-order valence-corrected chi connectivity index (χ1v) is 6.67. The highest BCUT2D eigenvalue weighted by atomic mass is 32.1. The minimum absolute atomic E-state index is 0.0697. The molecule has 0 bridgehead atoms. The molecule has 2 atom stereocenters. The molecule has 0 unspecified atom stereocenters. The number of ether oxygens (including phenoxy) is 1. The third-order valence-corrected chi connectivity index (χ3v) is 4.17. The Bertz CT molecular complexity index is 391. The van der Waals surface area contributed by atoms with E-state index in [4.69, 9.17) is 9.84 Å². The van der Waals surface area contributed by atoms with Gasteiger partial charge in [-0.2, -0.15) is 0 Å². The molecule has 17 heavy (non-hydrogen) atoms. The molecule has 2 rings (SSSR count). The summed E-state index contributed by atoms with van der Waals surface area (Å²) in [6.45, 7) is 3.38. The summed E-state index contributed by atoms with van der Waals surface area (Å²) in [7, 11) is 0. The van der Waals surface area contributed by atoms with Crippen molar-refractivity contribution in [2.45, 2.75) is 38.5 Å². The zero-order valence-electron chi connectivity index (χ0n) is 9.81. The van der Waals surface area contributed by atoms with Crippen molar-refractivity contribution in [2.75, 3.05) is 6.61 Å². The highest BCUT2D eigenvalue weighted by Crippen LogP contribution is 2.19. The summed E-state index contributed by atoms with van der Waals surface area (Å²) in [5.41, 5.74) is 0. The molecule has 0 radical (unpaired) electrons. The lowest BCUT2D eigenvalue weighted by Gasteiger charge is -2.15. The van der Waals surface area contributed by atoms with E-state index in [0.717, 1.165) is 19.4 Å². The largest absolute Gasteiger partial charge is 0.479 e. The van der Waals surface area contributed by atoms with Crippen LogP contribution in [0.15, 0.2) is 12.1 Å². The Morgan fingerprint density at radius 1 is 1.59 bits per heavy atom. The molecule has 1 aromatic heterocycles. The third-order valence-electron chi connectivity index (χ3n) is 2.94. The van der Waals surface area contributed by atoms with Crippen LogP contribution in [-0.4, -0.2) is 29.8 Å². The van der Waals surface area contributed by atoms with Crippen LogP contribution in [0, 0.1) is 0 Å². The Balaban J connectivity index is 1.87. The van der Waals surface area contributed by atoms with E-state index in [1.807, 2.05) is 0 Å². The van der Waals surface area contributed by atoms with Gasteiger partial charge >= 0.3 is 5.97 Å². The third kappa shape index (κ3) is 3.06. The topological polar surface area (TPSA) is 58.6 Å². The second kappa shape index (κ2) is 5.62. The molecular formula is C12H17NO3S. The van der Waals surface area contributed by atoms with Gasteiger partial charge in [0.1, 0.15) is 0 Å². The fourth-order valence-corrected chi connectivity index (χ4v) is 2.89. The quantitative estimate of drug-likeness (QED) is 0.840. The predicted octanol–water partition coefficient (Wildman–Crippen LogP) is 1.64. The number of carboxylic acids is 1. The fourth-order valence-electron chi connectivity index (χ4n) is 1.98. The number of carbonyl (C=O) groups is 1. The van der Waals surface area contributed by atoms with Crippen molar-refractivity contribution in [2.24, 2.45) is 0 Å². The molecule has 0 spiro atoms. The summed E-state index contributed by atoms with van der Waals surface area (Å²) in [6.07, 6.45) is 1.12. The minimum atomic E-state index is -0.875. The molecule has 2 N–H and O–H groups in total. The molecule has 2 heterocycles. The van der Waals surface area contributed by atoms with E-state index in [2.05, 4.69) is 24.4 Å². The van der Waals surface area contributed by atoms with E-state index in [1.165, 1.54) is 9.75 Å². The van der Waals surface area contributed by atoms with Gasteiger partial charge in [-0.25, -0.2) is 4.79 Å². The standard InChI is InChI=1S/C12H17NO3S/c1-2-8-3-4-9(17-8)7-13-10-5-6-16-11(10)12(14)15/h3-4,10-11,13H,2,5-7H2,1H3,(H,14,15)/t10-,11+/m1/s1. The van der Waals surface area contributed by atoms with Crippen molar-refractivity contribution in [1.82, 2.24) is 5.32 Å². The van der Waals surface area contributed by atoms with Crippen LogP contribution >= 0.6 is 11.3 Å². The van der Waals surface area contributed by atoms with Crippen LogP contribution in [0.5, 0.6) is 0 Å². The van der Waals surface area contributed by atoms with Crippen molar-refractivity contribution < 1.29 is 14.6 Å². The van der Waals surface area contributed by atoms with Crippen LogP contribution in [-0.2, 0) is 22.5 Å². The normalized spacial score (nSPS) is 24.1. The molecule has 4 nitrogen and oxygen atoms in total. The lowest BCUT2D eigenvalue weighted by atomic mass is 10.1. The predicted molar refractivity (Wildman–Crippen MR) is 66.3 cm³/mol. The highest BCUT2D eigenvalue weighted by molar-refractivity contribution is 7.11. The van der Waals surface area contributed by atoms with Crippen molar-refractivity contribution in [3.63, 3.8) is 0 Å². The SMILES string of the molecule is CCc1ccc(CN[C@@H]2CCO[C@@H]2C(=O)O)s1. The van der Waals surface area contributed by atoms with Crippen LogP contribution in [0.3, 0.4) is 0 Å². The molecule has 1 fully saturated rings. The number of aryl methyl sites for hydroxylation is 1. The average Bonchev–Trinajstić information content (AvgIpc) is 2.95. The molecule has 94 valence electrons. The molecule has 1 aliphatic rings. The molecular weight excluding hydrogens is 238 g/mol. The summed E-state index contributed by atoms with van der Waals surface area (Å²) >= 11 is 1.78. The van der Waals surface area contributed by atoms with E-state index in [-0.39, 0.29) is 6.04 Å². The van der Waals surface area contributed by atoms with Crippen molar-refractivity contribution in [3.05, 3.63) is 21.9 Å².